The quantitative estimate of drug-likeness (QED) is 0.666. The van der Waals surface area contributed by atoms with Crippen LogP contribution in [-0.2, 0) is 4.79 Å². The van der Waals surface area contributed by atoms with Crippen LogP contribution in [-0.4, -0.2) is 50.3 Å². The smallest absolute Gasteiger partial charge is 0.430 e. The lowest BCUT2D eigenvalue weighted by Crippen LogP contribution is -2.37. The van der Waals surface area contributed by atoms with E-state index >= 15 is 0 Å². The van der Waals surface area contributed by atoms with Crippen molar-refractivity contribution in [1.29, 1.82) is 0 Å². The first-order chi connectivity index (χ1) is 7.27. The van der Waals surface area contributed by atoms with E-state index in [0.29, 0.717) is 6.04 Å². The molecule has 0 radical (unpaired) electrons. The molecule has 1 fully saturated rings. The predicted molar refractivity (Wildman–Crippen MR) is 50.9 cm³/mol. The van der Waals surface area contributed by atoms with E-state index in [9.17, 15) is 13.2 Å². The Hall–Kier alpha value is -0.820. The minimum Gasteiger partial charge on any atom is -0.662 e. The molecule has 1 heterocycles. The van der Waals surface area contributed by atoms with Crippen molar-refractivity contribution in [3.63, 3.8) is 0 Å². The number of carbonyl (C=O) groups is 1. The van der Waals surface area contributed by atoms with Crippen molar-refractivity contribution in [2.45, 2.75) is 25.1 Å². The molecule has 4 nitrogen and oxygen atoms in total. The maximum absolute atomic E-state index is 10.5. The molecule has 96 valence electrons. The van der Waals surface area contributed by atoms with Crippen molar-refractivity contribution < 1.29 is 23.1 Å². The van der Waals surface area contributed by atoms with Crippen LogP contribution in [0, 0.1) is 0 Å². The van der Waals surface area contributed by atoms with Gasteiger partial charge in [-0.05, 0) is 20.1 Å². The fourth-order valence-corrected chi connectivity index (χ4v) is 1.25. The number of hydrogen-bond donors (Lipinski definition) is 0. The van der Waals surface area contributed by atoms with Crippen molar-refractivity contribution in [3.05, 3.63) is 5.32 Å². The van der Waals surface area contributed by atoms with Crippen LogP contribution >= 0.6 is 0 Å². The summed E-state index contributed by atoms with van der Waals surface area (Å²) in [7, 11) is 4.10. The van der Waals surface area contributed by atoms with Gasteiger partial charge in [-0.3, -0.25) is 0 Å². The first-order valence-corrected chi connectivity index (χ1v) is 4.83. The summed E-state index contributed by atoms with van der Waals surface area (Å²) in [6.07, 6.45) is -2.68. The summed E-state index contributed by atoms with van der Waals surface area (Å²) in [4.78, 5) is 11.1. The molecule has 1 saturated heterocycles. The maximum Gasteiger partial charge on any atom is 0.430 e. The first-order valence-electron chi connectivity index (χ1n) is 4.83. The van der Waals surface area contributed by atoms with Crippen LogP contribution < -0.4 is 5.11 Å². The summed E-state index contributed by atoms with van der Waals surface area (Å²) >= 11 is 0. The number of rotatable bonds is 1. The third-order valence-electron chi connectivity index (χ3n) is 2.28. The van der Waals surface area contributed by atoms with Crippen LogP contribution in [0.3, 0.4) is 0 Å². The van der Waals surface area contributed by atoms with E-state index in [1.165, 1.54) is 25.9 Å². The Bertz CT molecular complexity index is 213. The minimum absolute atomic E-state index is 0.654. The number of carboxylic acids is 1. The Morgan fingerprint density at radius 1 is 1.38 bits per heavy atom. The van der Waals surface area contributed by atoms with Crippen molar-refractivity contribution >= 4 is 5.97 Å². The summed E-state index contributed by atoms with van der Waals surface area (Å²) in [6.45, 7) is 2.45. The van der Waals surface area contributed by atoms with Crippen LogP contribution in [0.1, 0.15) is 12.8 Å². The van der Waals surface area contributed by atoms with E-state index in [1.807, 2.05) is 7.05 Å². The lowest BCUT2D eigenvalue weighted by atomic mass is 10.1. The summed E-state index contributed by atoms with van der Waals surface area (Å²) in [6, 6.07) is 0.654. The third kappa shape index (κ3) is 6.62. The average molecular weight is 240 g/mol. The molecule has 1 aliphatic rings. The number of piperidine rings is 1. The monoisotopic (exact) mass is 240 g/mol. The zero-order valence-corrected chi connectivity index (χ0v) is 9.25. The molecular weight excluding hydrogens is 225 g/mol. The molecular formula is C9H15F3N2O2-2. The molecule has 0 aromatic carbocycles. The molecule has 0 aromatic rings. The molecule has 0 aromatic heterocycles. The summed E-state index contributed by atoms with van der Waals surface area (Å²) in [5.74, 6) is -3.01. The molecule has 0 N–H and O–H groups in total. The Labute approximate surface area is 92.4 Å². The van der Waals surface area contributed by atoms with Gasteiger partial charge < -0.3 is 20.1 Å². The number of alkyl halides is 3. The lowest BCUT2D eigenvalue weighted by molar-refractivity contribution is -0.344. The number of halogens is 3. The van der Waals surface area contributed by atoms with Crippen LogP contribution in [0.15, 0.2) is 0 Å². The fraction of sp³-hybridized carbons (Fsp3) is 0.889. The zero-order chi connectivity index (χ0) is 12.8. The van der Waals surface area contributed by atoms with Crippen molar-refractivity contribution in [2.75, 3.05) is 27.2 Å². The molecule has 0 unspecified atom stereocenters. The molecule has 7 heteroatoms. The van der Waals surface area contributed by atoms with E-state index in [4.69, 9.17) is 9.90 Å². The SMILES string of the molecule is C[N-]C1CCN(C)CC1.O=C([O-])C(F)(F)F. The zero-order valence-electron chi connectivity index (χ0n) is 9.25. The Morgan fingerprint density at radius 3 is 2.00 bits per heavy atom. The van der Waals surface area contributed by atoms with Gasteiger partial charge in [0.05, 0.1) is 0 Å². The second-order valence-corrected chi connectivity index (χ2v) is 3.58. The second kappa shape index (κ2) is 6.70. The number of carboxylic acid groups (broad SMARTS) is 1. The van der Waals surface area contributed by atoms with Gasteiger partial charge >= 0.3 is 6.18 Å². The molecule has 1 aliphatic heterocycles. The van der Waals surface area contributed by atoms with Gasteiger partial charge in [-0.25, -0.2) is 0 Å². The molecule has 0 atom stereocenters. The van der Waals surface area contributed by atoms with Gasteiger partial charge in [-0.15, -0.1) is 6.04 Å². The fourth-order valence-electron chi connectivity index (χ4n) is 1.25. The lowest BCUT2D eigenvalue weighted by Gasteiger charge is -2.36. The normalized spacial score (nSPS) is 18.8. The molecule has 1 rings (SSSR count). The van der Waals surface area contributed by atoms with Crippen LogP contribution in [0.4, 0.5) is 13.2 Å². The molecule has 16 heavy (non-hydrogen) atoms. The van der Waals surface area contributed by atoms with Gasteiger partial charge in [0.2, 0.25) is 0 Å². The predicted octanol–water partition coefficient (Wildman–Crippen LogP) is 0.383. The number of aliphatic carboxylic acids is 1. The van der Waals surface area contributed by atoms with Gasteiger partial charge in [0.15, 0.2) is 0 Å². The number of nitrogens with zero attached hydrogens (tertiary/aromatic N) is 2. The van der Waals surface area contributed by atoms with Gasteiger partial charge in [0, 0.05) is 0 Å². The second-order valence-electron chi connectivity index (χ2n) is 3.58. The van der Waals surface area contributed by atoms with E-state index in [0.717, 1.165) is 0 Å². The Kier molecular flexibility index (Phi) is 6.35. The average Bonchev–Trinajstić information content (AvgIpc) is 2.18. The highest BCUT2D eigenvalue weighted by Gasteiger charge is 2.28. The highest BCUT2D eigenvalue weighted by molar-refractivity contribution is 5.70. The van der Waals surface area contributed by atoms with Crippen molar-refractivity contribution in [2.24, 2.45) is 0 Å². The first kappa shape index (κ1) is 15.2. The van der Waals surface area contributed by atoms with Crippen LogP contribution in [0.25, 0.3) is 5.32 Å². The summed E-state index contributed by atoms with van der Waals surface area (Å²) in [5.41, 5.74) is 0. The van der Waals surface area contributed by atoms with E-state index in [1.54, 1.807) is 0 Å². The molecule has 0 bridgehead atoms. The minimum atomic E-state index is -5.19. The highest BCUT2D eigenvalue weighted by Crippen LogP contribution is 2.13. The largest absolute Gasteiger partial charge is 0.662 e. The number of hydrogen-bond acceptors (Lipinski definition) is 3. The number of carbonyl (C=O) groups excluding carboxylic acids is 1. The standard InChI is InChI=1S/C7H15N2.C2HF3O2/c1-8-7-3-5-9(2)6-4-7;3-2(4,5)1(6)7/h7H,3-6H2,1-2H3;(H,6,7)/q-1;/p-1. The topological polar surface area (TPSA) is 57.5 Å². The molecule has 0 saturated carbocycles. The molecule has 0 spiro atoms. The van der Waals surface area contributed by atoms with Crippen molar-refractivity contribution in [1.82, 2.24) is 4.90 Å². The van der Waals surface area contributed by atoms with Crippen LogP contribution in [0.5, 0.6) is 0 Å². The van der Waals surface area contributed by atoms with Gasteiger partial charge in [-0.2, -0.15) is 20.2 Å². The summed E-state index contributed by atoms with van der Waals surface area (Å²) in [5, 5.41) is 13.0. The summed E-state index contributed by atoms with van der Waals surface area (Å²) < 4.78 is 31.5. The van der Waals surface area contributed by atoms with Crippen LogP contribution in [0.2, 0.25) is 0 Å². The maximum atomic E-state index is 10.5. The molecule has 0 amide bonds. The Morgan fingerprint density at radius 2 is 1.75 bits per heavy atom. The molecule has 0 aliphatic carbocycles. The van der Waals surface area contributed by atoms with E-state index in [-0.39, 0.29) is 0 Å². The van der Waals surface area contributed by atoms with E-state index in [2.05, 4.69) is 17.3 Å². The highest BCUT2D eigenvalue weighted by atomic mass is 19.4. The van der Waals surface area contributed by atoms with Gasteiger partial charge in [0.25, 0.3) is 0 Å². The van der Waals surface area contributed by atoms with E-state index < -0.39 is 12.1 Å². The Balaban J connectivity index is 0.000000293. The van der Waals surface area contributed by atoms with Gasteiger partial charge in [0.1, 0.15) is 5.97 Å². The third-order valence-corrected chi connectivity index (χ3v) is 2.28. The number of likely N-dealkylation sites (tertiary alicyclic amines) is 1. The van der Waals surface area contributed by atoms with Gasteiger partial charge in [-0.1, -0.05) is 12.8 Å². The van der Waals surface area contributed by atoms with Crippen molar-refractivity contribution in [3.8, 4) is 0 Å².